The number of halogens is 3. The lowest BCUT2D eigenvalue weighted by Crippen LogP contribution is -2.23. The average Bonchev–Trinajstić information content (AvgIpc) is 2.45. The van der Waals surface area contributed by atoms with Crippen molar-refractivity contribution < 1.29 is 21.6 Å². The minimum Gasteiger partial charge on any atom is -0.379 e. The first-order valence-electron chi connectivity index (χ1n) is 5.71. The molecule has 0 bridgehead atoms. The Hall–Kier alpha value is -2.16. The molecular formula is C12H10F3N3O2S. The van der Waals surface area contributed by atoms with E-state index in [0.29, 0.717) is 17.9 Å². The lowest BCUT2D eigenvalue weighted by molar-refractivity contribution is -0.0436. The fourth-order valence-electron chi connectivity index (χ4n) is 1.50. The summed E-state index contributed by atoms with van der Waals surface area (Å²) >= 11 is 0. The van der Waals surface area contributed by atoms with E-state index in [9.17, 15) is 21.6 Å². The molecule has 21 heavy (non-hydrogen) atoms. The van der Waals surface area contributed by atoms with Gasteiger partial charge in [-0.25, -0.2) is 18.4 Å². The van der Waals surface area contributed by atoms with Gasteiger partial charge < -0.3 is 5.32 Å². The van der Waals surface area contributed by atoms with Gasteiger partial charge in [0.15, 0.2) is 0 Å². The number of benzene rings is 1. The highest BCUT2D eigenvalue weighted by Gasteiger charge is 2.46. The van der Waals surface area contributed by atoms with Crippen LogP contribution in [0.4, 0.5) is 18.9 Å². The molecule has 0 saturated heterocycles. The van der Waals surface area contributed by atoms with Crippen LogP contribution in [0.25, 0.3) is 0 Å². The molecule has 2 aromatic rings. The van der Waals surface area contributed by atoms with Crippen LogP contribution >= 0.6 is 0 Å². The molecule has 1 aromatic carbocycles. The van der Waals surface area contributed by atoms with E-state index >= 15 is 0 Å². The SMILES string of the molecule is O=S(=O)(c1ccc(NCc2ccncn2)cc1)C(F)(F)F. The zero-order chi connectivity index (χ0) is 15.5. The van der Waals surface area contributed by atoms with Gasteiger partial charge in [-0.1, -0.05) is 0 Å². The fourth-order valence-corrected chi connectivity index (χ4v) is 2.26. The van der Waals surface area contributed by atoms with E-state index in [-0.39, 0.29) is 0 Å². The lowest BCUT2D eigenvalue weighted by atomic mass is 10.3. The molecule has 0 radical (unpaired) electrons. The molecule has 9 heteroatoms. The Morgan fingerprint density at radius 3 is 2.29 bits per heavy atom. The van der Waals surface area contributed by atoms with Crippen molar-refractivity contribution in [2.24, 2.45) is 0 Å². The van der Waals surface area contributed by atoms with Crippen LogP contribution in [0.5, 0.6) is 0 Å². The topological polar surface area (TPSA) is 72.0 Å². The van der Waals surface area contributed by atoms with Crippen molar-refractivity contribution in [2.75, 3.05) is 5.32 Å². The number of alkyl halides is 3. The molecule has 0 aliphatic heterocycles. The summed E-state index contributed by atoms with van der Waals surface area (Å²) in [5.41, 5.74) is -4.13. The first-order chi connectivity index (χ1) is 9.80. The van der Waals surface area contributed by atoms with Crippen molar-refractivity contribution in [3.8, 4) is 0 Å². The Bertz CT molecular complexity index is 701. The molecule has 1 N–H and O–H groups in total. The second-order valence-corrected chi connectivity index (χ2v) is 5.97. The Labute approximate surface area is 118 Å². The Morgan fingerprint density at radius 1 is 1.10 bits per heavy atom. The van der Waals surface area contributed by atoms with E-state index < -0.39 is 20.2 Å². The van der Waals surface area contributed by atoms with Gasteiger partial charge in [0.05, 0.1) is 17.1 Å². The van der Waals surface area contributed by atoms with Crippen molar-refractivity contribution in [1.29, 1.82) is 0 Å². The predicted molar refractivity (Wildman–Crippen MR) is 69.0 cm³/mol. The van der Waals surface area contributed by atoms with Crippen molar-refractivity contribution in [1.82, 2.24) is 9.97 Å². The largest absolute Gasteiger partial charge is 0.501 e. The van der Waals surface area contributed by atoms with Crippen LogP contribution in [0, 0.1) is 0 Å². The van der Waals surface area contributed by atoms with Gasteiger partial charge in [-0.05, 0) is 30.3 Å². The van der Waals surface area contributed by atoms with E-state index in [1.807, 2.05) is 0 Å². The Morgan fingerprint density at radius 2 is 1.76 bits per heavy atom. The second-order valence-electron chi connectivity index (χ2n) is 4.03. The number of aromatic nitrogens is 2. The van der Waals surface area contributed by atoms with Gasteiger partial charge in [0, 0.05) is 11.9 Å². The molecule has 0 unspecified atom stereocenters. The van der Waals surface area contributed by atoms with Crippen LogP contribution in [0.1, 0.15) is 5.69 Å². The Kier molecular flexibility index (Phi) is 4.12. The first-order valence-corrected chi connectivity index (χ1v) is 7.19. The summed E-state index contributed by atoms with van der Waals surface area (Å²) in [5.74, 6) is 0. The molecular weight excluding hydrogens is 307 g/mol. The van der Waals surface area contributed by atoms with E-state index in [0.717, 1.165) is 12.1 Å². The third-order valence-corrected chi connectivity index (χ3v) is 4.09. The molecule has 0 aliphatic rings. The number of anilines is 1. The summed E-state index contributed by atoms with van der Waals surface area (Å²) < 4.78 is 59.5. The van der Waals surface area contributed by atoms with Gasteiger partial charge in [0.25, 0.3) is 9.84 Å². The van der Waals surface area contributed by atoms with Crippen molar-refractivity contribution in [2.45, 2.75) is 16.9 Å². The van der Waals surface area contributed by atoms with E-state index in [2.05, 4.69) is 15.3 Å². The summed E-state index contributed by atoms with van der Waals surface area (Å²) in [6.45, 7) is 0.341. The highest BCUT2D eigenvalue weighted by molar-refractivity contribution is 7.92. The summed E-state index contributed by atoms with van der Waals surface area (Å²) in [6, 6.07) is 6.02. The second kappa shape index (κ2) is 5.68. The van der Waals surface area contributed by atoms with Gasteiger partial charge in [0.1, 0.15) is 6.33 Å². The van der Waals surface area contributed by atoms with Gasteiger partial charge in [-0.3, -0.25) is 0 Å². The summed E-state index contributed by atoms with van der Waals surface area (Å²) in [5, 5.41) is 2.91. The molecule has 0 amide bonds. The summed E-state index contributed by atoms with van der Waals surface area (Å²) in [4.78, 5) is 6.93. The molecule has 0 spiro atoms. The molecule has 0 aliphatic carbocycles. The maximum absolute atomic E-state index is 12.4. The molecule has 0 fully saturated rings. The molecule has 0 saturated carbocycles. The lowest BCUT2D eigenvalue weighted by Gasteiger charge is -2.09. The third kappa shape index (κ3) is 3.48. The minimum atomic E-state index is -5.31. The molecule has 2 rings (SSSR count). The van der Waals surface area contributed by atoms with E-state index in [1.165, 1.54) is 18.5 Å². The highest BCUT2D eigenvalue weighted by Crippen LogP contribution is 2.30. The molecule has 1 aromatic heterocycles. The Balaban J connectivity index is 2.10. The van der Waals surface area contributed by atoms with Crippen LogP contribution in [0.2, 0.25) is 0 Å². The van der Waals surface area contributed by atoms with Gasteiger partial charge in [-0.2, -0.15) is 13.2 Å². The van der Waals surface area contributed by atoms with E-state index in [4.69, 9.17) is 0 Å². The monoisotopic (exact) mass is 317 g/mol. The summed E-state index contributed by atoms with van der Waals surface area (Å²) in [7, 11) is -5.31. The minimum absolute atomic E-state index is 0.341. The maximum atomic E-state index is 12.4. The number of hydrogen-bond donors (Lipinski definition) is 1. The normalized spacial score (nSPS) is 12.1. The highest BCUT2D eigenvalue weighted by atomic mass is 32.2. The number of rotatable bonds is 4. The maximum Gasteiger partial charge on any atom is 0.501 e. The van der Waals surface area contributed by atoms with Gasteiger partial charge in [-0.15, -0.1) is 0 Å². The fraction of sp³-hybridized carbons (Fsp3) is 0.167. The van der Waals surface area contributed by atoms with Gasteiger partial charge in [0.2, 0.25) is 0 Å². The van der Waals surface area contributed by atoms with Crippen LogP contribution in [-0.4, -0.2) is 23.9 Å². The zero-order valence-electron chi connectivity index (χ0n) is 10.5. The molecule has 112 valence electrons. The molecule has 0 atom stereocenters. The van der Waals surface area contributed by atoms with Crippen LogP contribution in [-0.2, 0) is 16.4 Å². The van der Waals surface area contributed by atoms with Gasteiger partial charge >= 0.3 is 5.51 Å². The number of nitrogens with zero attached hydrogens (tertiary/aromatic N) is 2. The van der Waals surface area contributed by atoms with Crippen molar-refractivity contribution in [3.05, 3.63) is 48.5 Å². The third-order valence-electron chi connectivity index (χ3n) is 2.59. The van der Waals surface area contributed by atoms with Crippen LogP contribution in [0.15, 0.2) is 47.8 Å². The molecule has 1 heterocycles. The van der Waals surface area contributed by atoms with Crippen LogP contribution in [0.3, 0.4) is 0 Å². The first kappa shape index (κ1) is 15.2. The average molecular weight is 317 g/mol. The zero-order valence-corrected chi connectivity index (χ0v) is 11.3. The van der Waals surface area contributed by atoms with E-state index in [1.54, 1.807) is 12.3 Å². The predicted octanol–water partition coefficient (Wildman–Crippen LogP) is 2.38. The number of sulfone groups is 1. The van der Waals surface area contributed by atoms with Crippen LogP contribution < -0.4 is 5.32 Å². The van der Waals surface area contributed by atoms with Crippen molar-refractivity contribution >= 4 is 15.5 Å². The summed E-state index contributed by atoms with van der Waals surface area (Å²) in [6.07, 6.45) is 2.93. The quantitative estimate of drug-likeness (QED) is 0.937. The molecule has 5 nitrogen and oxygen atoms in total. The van der Waals surface area contributed by atoms with Crippen molar-refractivity contribution in [3.63, 3.8) is 0 Å². The number of hydrogen-bond acceptors (Lipinski definition) is 5. The number of nitrogens with one attached hydrogen (secondary N) is 1. The standard InChI is InChI=1S/C12H10F3N3O2S/c13-12(14,15)21(19,20)11-3-1-9(2-4-11)17-7-10-5-6-16-8-18-10/h1-6,8,17H,7H2. The smallest absolute Gasteiger partial charge is 0.379 e.